The highest BCUT2D eigenvalue weighted by Crippen LogP contribution is 2.29. The van der Waals surface area contributed by atoms with Gasteiger partial charge in [-0.1, -0.05) is 17.7 Å². The van der Waals surface area contributed by atoms with E-state index in [0.717, 1.165) is 29.8 Å². The van der Waals surface area contributed by atoms with E-state index in [2.05, 4.69) is 5.32 Å². The first kappa shape index (κ1) is 18.8. The van der Waals surface area contributed by atoms with Crippen molar-refractivity contribution in [1.82, 2.24) is 5.32 Å². The standard InChI is InChI=1S/C19H17F3N2O3/c1-12-2-8-15(9-3-12)24-11-16(27-18(24)26)10-23-17(25)13-4-6-14(7-5-13)19(20,21)22/h2-9,16H,10-11H2,1H3,(H,23,25). The normalized spacial score (nSPS) is 17.0. The molecule has 27 heavy (non-hydrogen) atoms. The maximum atomic E-state index is 12.6. The van der Waals surface area contributed by atoms with Gasteiger partial charge < -0.3 is 10.1 Å². The van der Waals surface area contributed by atoms with Crippen molar-refractivity contribution in [2.45, 2.75) is 19.2 Å². The highest BCUT2D eigenvalue weighted by atomic mass is 19.4. The number of rotatable bonds is 4. The van der Waals surface area contributed by atoms with E-state index >= 15 is 0 Å². The minimum absolute atomic E-state index is 0.0634. The Bertz CT molecular complexity index is 833. The summed E-state index contributed by atoms with van der Waals surface area (Å²) >= 11 is 0. The van der Waals surface area contributed by atoms with E-state index in [0.29, 0.717) is 5.69 Å². The number of aryl methyl sites for hydroxylation is 1. The summed E-state index contributed by atoms with van der Waals surface area (Å²) in [5.41, 5.74) is 1.04. The molecule has 1 aliphatic rings. The van der Waals surface area contributed by atoms with Crippen molar-refractivity contribution in [3.63, 3.8) is 0 Å². The number of cyclic esters (lactones) is 1. The number of carbonyl (C=O) groups excluding carboxylic acids is 2. The fraction of sp³-hybridized carbons (Fsp3) is 0.263. The van der Waals surface area contributed by atoms with E-state index in [1.807, 2.05) is 19.1 Å². The van der Waals surface area contributed by atoms with Gasteiger partial charge in [0.15, 0.2) is 0 Å². The molecule has 1 heterocycles. The molecule has 1 saturated heterocycles. The molecule has 1 unspecified atom stereocenters. The van der Waals surface area contributed by atoms with E-state index < -0.39 is 29.8 Å². The zero-order valence-electron chi connectivity index (χ0n) is 14.4. The average molecular weight is 378 g/mol. The van der Waals surface area contributed by atoms with Gasteiger partial charge in [0, 0.05) is 11.3 Å². The molecule has 142 valence electrons. The molecule has 0 bridgehead atoms. The van der Waals surface area contributed by atoms with Gasteiger partial charge >= 0.3 is 12.3 Å². The Kier molecular flexibility index (Phi) is 5.07. The molecule has 0 aromatic heterocycles. The highest BCUT2D eigenvalue weighted by molar-refractivity contribution is 5.94. The largest absolute Gasteiger partial charge is 0.442 e. The molecule has 1 N–H and O–H groups in total. The molecule has 5 nitrogen and oxygen atoms in total. The van der Waals surface area contributed by atoms with Crippen molar-refractivity contribution in [1.29, 1.82) is 0 Å². The fourth-order valence-electron chi connectivity index (χ4n) is 2.68. The lowest BCUT2D eigenvalue weighted by atomic mass is 10.1. The smallest absolute Gasteiger partial charge is 0.416 e. The Morgan fingerprint density at radius 1 is 1.15 bits per heavy atom. The number of hydrogen-bond donors (Lipinski definition) is 1. The number of anilines is 1. The Balaban J connectivity index is 1.56. The Morgan fingerprint density at radius 2 is 1.78 bits per heavy atom. The summed E-state index contributed by atoms with van der Waals surface area (Å²) in [5, 5.41) is 2.58. The zero-order chi connectivity index (χ0) is 19.6. The Hall–Kier alpha value is -3.03. The maximum Gasteiger partial charge on any atom is 0.416 e. The summed E-state index contributed by atoms with van der Waals surface area (Å²) in [5.74, 6) is -0.534. The van der Waals surface area contributed by atoms with Gasteiger partial charge in [-0.3, -0.25) is 9.69 Å². The second kappa shape index (κ2) is 7.30. The minimum atomic E-state index is -4.45. The predicted molar refractivity (Wildman–Crippen MR) is 92.6 cm³/mol. The van der Waals surface area contributed by atoms with Crippen LogP contribution in [0.15, 0.2) is 48.5 Å². The predicted octanol–water partition coefficient (Wildman–Crippen LogP) is 3.77. The number of ether oxygens (including phenoxy) is 1. The van der Waals surface area contributed by atoms with Crippen LogP contribution in [-0.4, -0.2) is 31.2 Å². The van der Waals surface area contributed by atoms with Crippen LogP contribution < -0.4 is 10.2 Å². The number of carbonyl (C=O) groups is 2. The monoisotopic (exact) mass is 378 g/mol. The third-order valence-electron chi connectivity index (χ3n) is 4.18. The Labute approximate surface area is 153 Å². The van der Waals surface area contributed by atoms with Crippen LogP contribution in [0.25, 0.3) is 0 Å². The second-order valence-corrected chi connectivity index (χ2v) is 6.24. The summed E-state index contributed by atoms with van der Waals surface area (Å²) in [4.78, 5) is 25.6. The van der Waals surface area contributed by atoms with Gasteiger partial charge in [-0.15, -0.1) is 0 Å². The lowest BCUT2D eigenvalue weighted by Crippen LogP contribution is -2.34. The van der Waals surface area contributed by atoms with Crippen LogP contribution in [-0.2, 0) is 10.9 Å². The molecule has 2 amide bonds. The van der Waals surface area contributed by atoms with Gasteiger partial charge in [-0.05, 0) is 43.3 Å². The van der Waals surface area contributed by atoms with Crippen LogP contribution in [0, 0.1) is 6.92 Å². The molecule has 1 fully saturated rings. The summed E-state index contributed by atoms with van der Waals surface area (Å²) in [7, 11) is 0. The van der Waals surface area contributed by atoms with Crippen LogP contribution in [0.1, 0.15) is 21.5 Å². The summed E-state index contributed by atoms with van der Waals surface area (Å²) in [6, 6.07) is 11.3. The lowest BCUT2D eigenvalue weighted by Gasteiger charge is -2.13. The number of nitrogens with zero attached hydrogens (tertiary/aromatic N) is 1. The van der Waals surface area contributed by atoms with Crippen molar-refractivity contribution in [3.05, 3.63) is 65.2 Å². The second-order valence-electron chi connectivity index (χ2n) is 6.24. The first-order chi connectivity index (χ1) is 12.7. The van der Waals surface area contributed by atoms with Crippen molar-refractivity contribution >= 4 is 17.7 Å². The lowest BCUT2D eigenvalue weighted by molar-refractivity contribution is -0.137. The number of amides is 2. The number of alkyl halides is 3. The Morgan fingerprint density at radius 3 is 2.37 bits per heavy atom. The van der Waals surface area contributed by atoms with Crippen molar-refractivity contribution in [2.24, 2.45) is 0 Å². The van der Waals surface area contributed by atoms with Crippen molar-refractivity contribution in [2.75, 3.05) is 18.0 Å². The summed E-state index contributed by atoms with van der Waals surface area (Å²) in [6.45, 7) is 2.27. The maximum absolute atomic E-state index is 12.6. The van der Waals surface area contributed by atoms with Crippen LogP contribution in [0.4, 0.5) is 23.7 Å². The van der Waals surface area contributed by atoms with Crippen molar-refractivity contribution < 1.29 is 27.5 Å². The topological polar surface area (TPSA) is 58.6 Å². The fourth-order valence-corrected chi connectivity index (χ4v) is 2.68. The molecule has 0 spiro atoms. The molecule has 2 aromatic rings. The quantitative estimate of drug-likeness (QED) is 0.881. The molecule has 2 aromatic carbocycles. The van der Waals surface area contributed by atoms with Gasteiger partial charge in [0.25, 0.3) is 5.91 Å². The third-order valence-corrected chi connectivity index (χ3v) is 4.18. The van der Waals surface area contributed by atoms with Crippen LogP contribution in [0.2, 0.25) is 0 Å². The SMILES string of the molecule is Cc1ccc(N2CC(CNC(=O)c3ccc(C(F)(F)F)cc3)OC2=O)cc1. The van der Waals surface area contributed by atoms with E-state index in [1.54, 1.807) is 12.1 Å². The molecular weight excluding hydrogens is 361 g/mol. The first-order valence-corrected chi connectivity index (χ1v) is 8.24. The van der Waals surface area contributed by atoms with Crippen molar-refractivity contribution in [3.8, 4) is 0 Å². The van der Waals surface area contributed by atoms with Gasteiger partial charge in [0.05, 0.1) is 18.7 Å². The van der Waals surface area contributed by atoms with Crippen LogP contribution in [0.5, 0.6) is 0 Å². The zero-order valence-corrected chi connectivity index (χ0v) is 14.4. The van der Waals surface area contributed by atoms with Crippen LogP contribution >= 0.6 is 0 Å². The number of nitrogens with one attached hydrogen (secondary N) is 1. The van der Waals surface area contributed by atoms with E-state index in [4.69, 9.17) is 4.74 Å². The molecule has 0 radical (unpaired) electrons. The van der Waals surface area contributed by atoms with E-state index in [1.165, 1.54) is 4.90 Å². The van der Waals surface area contributed by atoms with Crippen LogP contribution in [0.3, 0.4) is 0 Å². The third kappa shape index (κ3) is 4.39. The van der Waals surface area contributed by atoms with Gasteiger partial charge in [0.2, 0.25) is 0 Å². The van der Waals surface area contributed by atoms with Gasteiger partial charge in [0.1, 0.15) is 6.10 Å². The molecule has 0 saturated carbocycles. The molecule has 3 rings (SSSR count). The van der Waals surface area contributed by atoms with Gasteiger partial charge in [-0.2, -0.15) is 13.2 Å². The number of hydrogen-bond acceptors (Lipinski definition) is 3. The molecule has 0 aliphatic carbocycles. The number of benzene rings is 2. The number of halogens is 3. The minimum Gasteiger partial charge on any atom is -0.442 e. The molecule has 1 atom stereocenters. The molecular formula is C19H17F3N2O3. The molecule has 8 heteroatoms. The average Bonchev–Trinajstić information content (AvgIpc) is 3.00. The molecule has 1 aliphatic heterocycles. The summed E-state index contributed by atoms with van der Waals surface area (Å²) in [6.07, 6.45) is -5.50. The first-order valence-electron chi connectivity index (χ1n) is 8.24. The van der Waals surface area contributed by atoms with E-state index in [9.17, 15) is 22.8 Å². The summed E-state index contributed by atoms with van der Waals surface area (Å²) < 4.78 is 42.9. The van der Waals surface area contributed by atoms with E-state index in [-0.39, 0.29) is 18.7 Å². The highest BCUT2D eigenvalue weighted by Gasteiger charge is 2.33. The van der Waals surface area contributed by atoms with Gasteiger partial charge in [-0.25, -0.2) is 4.79 Å².